The average Bonchev–Trinajstić information content (AvgIpc) is 2.68. The Bertz CT molecular complexity index is 1240. The lowest BCUT2D eigenvalue weighted by molar-refractivity contribution is -0.242. The molecule has 2 aromatic rings. The molecule has 176 valence electrons. The molecule has 8 nitrogen and oxygen atoms in total. The lowest BCUT2D eigenvalue weighted by atomic mass is 10.1. The molecule has 14 heteroatoms. The van der Waals surface area contributed by atoms with E-state index in [-0.39, 0.29) is 6.92 Å². The Labute approximate surface area is 186 Å². The van der Waals surface area contributed by atoms with Crippen LogP contribution in [0.3, 0.4) is 0 Å². The minimum Gasteiger partial charge on any atom is -0.395 e. The first-order chi connectivity index (χ1) is 14.6. The zero-order valence-electron chi connectivity index (χ0n) is 16.2. The van der Waals surface area contributed by atoms with E-state index in [1.807, 2.05) is 0 Å². The third-order valence-corrected chi connectivity index (χ3v) is 8.32. The zero-order chi connectivity index (χ0) is 24.5. The number of carbonyl (C=O) groups is 1. The van der Waals surface area contributed by atoms with Crippen molar-refractivity contribution in [3.05, 3.63) is 47.5 Å². The van der Waals surface area contributed by atoms with Crippen LogP contribution in [0.1, 0.15) is 6.92 Å². The van der Waals surface area contributed by atoms with Gasteiger partial charge in [-0.1, -0.05) is 23.7 Å². The Balaban J connectivity index is 2.48. The van der Waals surface area contributed by atoms with Crippen molar-refractivity contribution in [3.8, 4) is 0 Å². The van der Waals surface area contributed by atoms with E-state index in [4.69, 9.17) is 16.7 Å². The summed E-state index contributed by atoms with van der Waals surface area (Å²) in [5, 5.41) is 19.6. The highest BCUT2D eigenvalue weighted by atomic mass is 35.5. The number of sulfone groups is 2. The molecule has 0 aliphatic heterocycles. The van der Waals surface area contributed by atoms with Crippen molar-refractivity contribution in [2.75, 3.05) is 17.7 Å². The molecule has 3 N–H and O–H groups in total. The number of anilines is 1. The summed E-state index contributed by atoms with van der Waals surface area (Å²) in [6.07, 6.45) is -5.28. The summed E-state index contributed by atoms with van der Waals surface area (Å²) in [7, 11) is -8.63. The number of aliphatic hydroxyl groups excluding tert-OH is 1. The second-order valence-electron chi connectivity index (χ2n) is 6.66. The van der Waals surface area contributed by atoms with Crippen LogP contribution < -0.4 is 5.32 Å². The maximum absolute atomic E-state index is 13.0. The Morgan fingerprint density at radius 3 is 2.12 bits per heavy atom. The second-order valence-corrected chi connectivity index (χ2v) is 11.1. The number of nitrogens with one attached hydrogen (secondary N) is 1. The summed E-state index contributed by atoms with van der Waals surface area (Å²) in [5.74, 6) is -2.56. The van der Waals surface area contributed by atoms with E-state index in [1.54, 1.807) is 5.32 Å². The largest absolute Gasteiger partial charge is 0.426 e. The van der Waals surface area contributed by atoms with Gasteiger partial charge in [-0.2, -0.15) is 13.2 Å². The molecule has 1 atom stereocenters. The maximum Gasteiger partial charge on any atom is 0.426 e. The molecular formula is C18H17ClF3NO7S2. The molecule has 2 rings (SSSR count). The van der Waals surface area contributed by atoms with Gasteiger partial charge < -0.3 is 15.5 Å². The molecule has 0 unspecified atom stereocenters. The molecule has 0 spiro atoms. The van der Waals surface area contributed by atoms with E-state index < -0.39 is 75.1 Å². The van der Waals surface area contributed by atoms with Gasteiger partial charge in [-0.15, -0.1) is 0 Å². The van der Waals surface area contributed by atoms with E-state index in [2.05, 4.69) is 0 Å². The van der Waals surface area contributed by atoms with E-state index in [0.29, 0.717) is 0 Å². The summed E-state index contributed by atoms with van der Waals surface area (Å²) in [4.78, 5) is 10.2. The first kappa shape index (κ1) is 26.1. The number of aliphatic hydroxyl groups is 2. The summed E-state index contributed by atoms with van der Waals surface area (Å²) < 4.78 is 89.1. The van der Waals surface area contributed by atoms with Crippen LogP contribution in [-0.2, 0) is 24.5 Å². The van der Waals surface area contributed by atoms with E-state index in [1.165, 1.54) is 12.1 Å². The highest BCUT2D eigenvalue weighted by Gasteiger charge is 2.55. The molecule has 0 saturated heterocycles. The predicted molar refractivity (Wildman–Crippen MR) is 108 cm³/mol. The first-order valence-corrected chi connectivity index (χ1v) is 12.1. The lowest BCUT2D eigenvalue weighted by Gasteiger charge is -2.25. The highest BCUT2D eigenvalue weighted by Crippen LogP contribution is 2.34. The van der Waals surface area contributed by atoms with Gasteiger partial charge in [0.25, 0.3) is 5.91 Å². The fraction of sp³-hybridized carbons (Fsp3) is 0.278. The molecule has 2 aromatic carbocycles. The van der Waals surface area contributed by atoms with Crippen molar-refractivity contribution >= 4 is 42.9 Å². The van der Waals surface area contributed by atoms with Crippen LogP contribution in [0.15, 0.2) is 57.2 Å². The van der Waals surface area contributed by atoms with Crippen LogP contribution in [0.5, 0.6) is 0 Å². The minimum absolute atomic E-state index is 0.235. The molecule has 0 aliphatic rings. The normalized spacial score (nSPS) is 14.6. The van der Waals surface area contributed by atoms with E-state index >= 15 is 0 Å². The molecule has 0 heterocycles. The average molecular weight is 516 g/mol. The topological polar surface area (TPSA) is 138 Å². The molecule has 0 aliphatic carbocycles. The van der Waals surface area contributed by atoms with Crippen LogP contribution in [0.2, 0.25) is 5.02 Å². The second kappa shape index (κ2) is 8.98. The van der Waals surface area contributed by atoms with Gasteiger partial charge in [0.05, 0.1) is 37.8 Å². The Hall–Kier alpha value is -2.19. The van der Waals surface area contributed by atoms with Crippen molar-refractivity contribution in [2.45, 2.75) is 33.4 Å². The third-order valence-electron chi connectivity index (χ3n) is 4.33. The smallest absolute Gasteiger partial charge is 0.395 e. The van der Waals surface area contributed by atoms with E-state index in [9.17, 15) is 39.9 Å². The molecule has 0 saturated carbocycles. The number of rotatable bonds is 7. The van der Waals surface area contributed by atoms with Gasteiger partial charge in [0.15, 0.2) is 9.84 Å². The monoisotopic (exact) mass is 515 g/mol. The van der Waals surface area contributed by atoms with Gasteiger partial charge in [0.1, 0.15) is 0 Å². The minimum atomic E-state index is -5.28. The van der Waals surface area contributed by atoms with Crippen LogP contribution in [0.4, 0.5) is 18.9 Å². The fourth-order valence-corrected chi connectivity index (χ4v) is 5.91. The molecule has 0 fully saturated rings. The maximum atomic E-state index is 13.0. The first-order valence-electron chi connectivity index (χ1n) is 8.63. The molecule has 0 bridgehead atoms. The van der Waals surface area contributed by atoms with Crippen molar-refractivity contribution < 1.29 is 45.0 Å². The third kappa shape index (κ3) is 5.07. The predicted octanol–water partition coefficient (Wildman–Crippen LogP) is 2.19. The van der Waals surface area contributed by atoms with Gasteiger partial charge >= 0.3 is 6.18 Å². The number of amides is 1. The Morgan fingerprint density at radius 1 is 1.06 bits per heavy atom. The van der Waals surface area contributed by atoms with Crippen LogP contribution in [-0.4, -0.2) is 57.1 Å². The van der Waals surface area contributed by atoms with Crippen LogP contribution in [0, 0.1) is 0 Å². The number of carbonyl (C=O) groups excluding carboxylic acids is 1. The summed E-state index contributed by atoms with van der Waals surface area (Å²) in [5.41, 5.74) is -4.15. The lowest BCUT2D eigenvalue weighted by Crippen LogP contribution is -2.52. The molecule has 32 heavy (non-hydrogen) atoms. The summed E-state index contributed by atoms with van der Waals surface area (Å²) in [6, 6.07) is 7.25. The van der Waals surface area contributed by atoms with Crippen LogP contribution in [0.25, 0.3) is 0 Å². The van der Waals surface area contributed by atoms with Gasteiger partial charge in [-0.3, -0.25) is 4.79 Å². The summed E-state index contributed by atoms with van der Waals surface area (Å²) >= 11 is 5.92. The Morgan fingerprint density at radius 2 is 1.62 bits per heavy atom. The van der Waals surface area contributed by atoms with Crippen molar-refractivity contribution in [1.29, 1.82) is 0 Å². The molecular weight excluding hydrogens is 499 g/mol. The fourth-order valence-electron chi connectivity index (χ4n) is 2.42. The molecule has 0 radical (unpaired) electrons. The van der Waals surface area contributed by atoms with E-state index in [0.717, 1.165) is 30.3 Å². The van der Waals surface area contributed by atoms with Crippen molar-refractivity contribution in [1.82, 2.24) is 0 Å². The molecule has 1 amide bonds. The molecule has 0 aromatic heterocycles. The number of alkyl halides is 3. The Kier molecular flexibility index (Phi) is 7.32. The van der Waals surface area contributed by atoms with Crippen molar-refractivity contribution in [2.24, 2.45) is 0 Å². The number of hydrogen-bond donors (Lipinski definition) is 3. The highest BCUT2D eigenvalue weighted by molar-refractivity contribution is 7.94. The van der Waals surface area contributed by atoms with Gasteiger partial charge in [-0.25, -0.2) is 16.8 Å². The number of hydrogen-bond acceptors (Lipinski definition) is 7. The van der Waals surface area contributed by atoms with Crippen LogP contribution >= 0.6 is 11.6 Å². The van der Waals surface area contributed by atoms with Gasteiger partial charge in [-0.05, 0) is 37.3 Å². The quantitative estimate of drug-likeness (QED) is 0.514. The van der Waals surface area contributed by atoms with Gasteiger partial charge in [0, 0.05) is 0 Å². The number of benzene rings is 2. The zero-order valence-corrected chi connectivity index (χ0v) is 18.6. The van der Waals surface area contributed by atoms with Gasteiger partial charge in [0.2, 0.25) is 15.4 Å². The number of halogens is 4. The SMILES string of the molecule is C[C@@](O)(C(=O)Nc1ccc(S(=O)(=O)c2ccccc2S(=O)(=O)CCO)cc1Cl)C(F)(F)F. The standard InChI is InChI=1S/C18H17ClF3NO7S2/c1-17(26,18(20,21)22)16(25)23-13-7-6-11(10-12(13)19)32(29,30)15-5-3-2-4-14(15)31(27,28)9-8-24/h2-7,10,24,26H,8-9H2,1H3,(H,23,25)/t17-/m1/s1. The van der Waals surface area contributed by atoms with Crippen molar-refractivity contribution in [3.63, 3.8) is 0 Å². The summed E-state index contributed by atoms with van der Waals surface area (Å²) in [6.45, 7) is -0.503.